The quantitative estimate of drug-likeness (QED) is 0.767. The smallest absolute Gasteiger partial charge is 0.253 e. The Morgan fingerprint density at radius 3 is 2.61 bits per heavy atom. The topological polar surface area (TPSA) is 49.8 Å². The SMILES string of the molecule is C#CCOc1ccc(C(=O)N(CC)CCO)cc1. The van der Waals surface area contributed by atoms with E-state index in [1.165, 1.54) is 0 Å². The molecule has 0 aliphatic carbocycles. The van der Waals surface area contributed by atoms with Crippen molar-refractivity contribution in [3.05, 3.63) is 29.8 Å². The lowest BCUT2D eigenvalue weighted by Crippen LogP contribution is -2.33. The standard InChI is InChI=1S/C14H17NO3/c1-3-11-18-13-7-5-12(6-8-13)14(17)15(4-2)9-10-16/h1,5-8,16H,4,9-11H2,2H3. The Morgan fingerprint density at radius 2 is 2.11 bits per heavy atom. The number of rotatable bonds is 6. The fraction of sp³-hybridized carbons (Fsp3) is 0.357. The molecule has 96 valence electrons. The van der Waals surface area contributed by atoms with Gasteiger partial charge in [0.2, 0.25) is 0 Å². The van der Waals surface area contributed by atoms with Crippen LogP contribution >= 0.6 is 0 Å². The molecule has 1 aromatic carbocycles. The van der Waals surface area contributed by atoms with E-state index < -0.39 is 0 Å². The lowest BCUT2D eigenvalue weighted by atomic mass is 10.2. The van der Waals surface area contributed by atoms with Crippen LogP contribution in [-0.4, -0.2) is 42.2 Å². The number of carbonyl (C=O) groups excluding carboxylic acids is 1. The Bertz CT molecular complexity index is 420. The molecule has 0 aliphatic heterocycles. The molecule has 0 radical (unpaired) electrons. The van der Waals surface area contributed by atoms with Crippen molar-refractivity contribution in [1.82, 2.24) is 4.90 Å². The predicted octanol–water partition coefficient (Wildman–Crippen LogP) is 1.15. The highest BCUT2D eigenvalue weighted by Gasteiger charge is 2.13. The molecule has 0 heterocycles. The van der Waals surface area contributed by atoms with Gasteiger partial charge in [0.05, 0.1) is 6.61 Å². The Labute approximate surface area is 107 Å². The molecule has 0 unspecified atom stereocenters. The van der Waals surface area contributed by atoms with Crippen molar-refractivity contribution < 1.29 is 14.6 Å². The van der Waals surface area contributed by atoms with Crippen LogP contribution in [0, 0.1) is 12.3 Å². The van der Waals surface area contributed by atoms with Crippen molar-refractivity contribution >= 4 is 5.91 Å². The molecule has 4 nitrogen and oxygen atoms in total. The number of carbonyl (C=O) groups is 1. The first-order chi connectivity index (χ1) is 8.72. The zero-order chi connectivity index (χ0) is 13.4. The molecular weight excluding hydrogens is 230 g/mol. The van der Waals surface area contributed by atoms with Crippen LogP contribution in [0.4, 0.5) is 0 Å². The summed E-state index contributed by atoms with van der Waals surface area (Å²) in [5.41, 5.74) is 0.568. The van der Waals surface area contributed by atoms with Crippen molar-refractivity contribution in [1.29, 1.82) is 0 Å². The molecule has 0 spiro atoms. The van der Waals surface area contributed by atoms with E-state index in [4.69, 9.17) is 16.3 Å². The summed E-state index contributed by atoms with van der Waals surface area (Å²) in [6.07, 6.45) is 5.09. The number of nitrogens with zero attached hydrogens (tertiary/aromatic N) is 1. The second-order valence-corrected chi connectivity index (χ2v) is 3.63. The maximum atomic E-state index is 12.0. The minimum Gasteiger partial charge on any atom is -0.481 e. The van der Waals surface area contributed by atoms with Crippen LogP contribution in [0.15, 0.2) is 24.3 Å². The van der Waals surface area contributed by atoms with Crippen molar-refractivity contribution in [2.45, 2.75) is 6.92 Å². The molecule has 1 amide bonds. The van der Waals surface area contributed by atoms with E-state index in [0.717, 1.165) is 0 Å². The average Bonchev–Trinajstić information content (AvgIpc) is 2.42. The van der Waals surface area contributed by atoms with E-state index in [-0.39, 0.29) is 19.1 Å². The van der Waals surface area contributed by atoms with Crippen LogP contribution in [0.5, 0.6) is 5.75 Å². The summed E-state index contributed by atoms with van der Waals surface area (Å²) in [6.45, 7) is 2.94. The first kappa shape index (κ1) is 14.1. The molecule has 1 aromatic rings. The molecule has 0 aliphatic rings. The van der Waals surface area contributed by atoms with Crippen molar-refractivity contribution in [3.63, 3.8) is 0 Å². The number of aliphatic hydroxyl groups is 1. The molecule has 4 heteroatoms. The van der Waals surface area contributed by atoms with Crippen molar-refractivity contribution in [3.8, 4) is 18.1 Å². The normalized spacial score (nSPS) is 9.61. The number of terminal acetylenes is 1. The van der Waals surface area contributed by atoms with Crippen LogP contribution < -0.4 is 4.74 Å². The summed E-state index contributed by atoms with van der Waals surface area (Å²) in [7, 11) is 0. The summed E-state index contributed by atoms with van der Waals surface area (Å²) in [5, 5.41) is 8.87. The summed E-state index contributed by atoms with van der Waals surface area (Å²) in [4.78, 5) is 13.6. The first-order valence-electron chi connectivity index (χ1n) is 5.79. The van der Waals surface area contributed by atoms with E-state index >= 15 is 0 Å². The second kappa shape index (κ2) is 7.36. The molecule has 0 bridgehead atoms. The van der Waals surface area contributed by atoms with Gasteiger partial charge in [-0.2, -0.15) is 0 Å². The van der Waals surface area contributed by atoms with E-state index in [2.05, 4.69) is 5.92 Å². The fourth-order valence-corrected chi connectivity index (χ4v) is 1.53. The Morgan fingerprint density at radius 1 is 1.44 bits per heavy atom. The van der Waals surface area contributed by atoms with E-state index in [9.17, 15) is 4.79 Å². The van der Waals surface area contributed by atoms with Gasteiger partial charge in [-0.3, -0.25) is 4.79 Å². The van der Waals surface area contributed by atoms with Gasteiger partial charge in [0.1, 0.15) is 12.4 Å². The minimum atomic E-state index is -0.102. The maximum Gasteiger partial charge on any atom is 0.253 e. The Hall–Kier alpha value is -1.99. The van der Waals surface area contributed by atoms with Crippen LogP contribution in [0.25, 0.3) is 0 Å². The van der Waals surface area contributed by atoms with E-state index in [1.54, 1.807) is 29.2 Å². The van der Waals surface area contributed by atoms with Gasteiger partial charge in [0.25, 0.3) is 5.91 Å². The summed E-state index contributed by atoms with van der Waals surface area (Å²) in [6, 6.07) is 6.79. The number of hydrogen-bond donors (Lipinski definition) is 1. The largest absolute Gasteiger partial charge is 0.481 e. The van der Waals surface area contributed by atoms with Gasteiger partial charge in [0.15, 0.2) is 0 Å². The number of hydrogen-bond acceptors (Lipinski definition) is 3. The average molecular weight is 247 g/mol. The highest BCUT2D eigenvalue weighted by atomic mass is 16.5. The van der Waals surface area contributed by atoms with E-state index in [1.807, 2.05) is 6.92 Å². The number of aliphatic hydroxyl groups excluding tert-OH is 1. The van der Waals surface area contributed by atoms with Crippen molar-refractivity contribution in [2.75, 3.05) is 26.3 Å². The molecule has 1 N–H and O–H groups in total. The zero-order valence-electron chi connectivity index (χ0n) is 10.4. The van der Waals surface area contributed by atoms with Crippen LogP contribution in [0.3, 0.4) is 0 Å². The molecule has 18 heavy (non-hydrogen) atoms. The van der Waals surface area contributed by atoms with Crippen molar-refractivity contribution in [2.24, 2.45) is 0 Å². The minimum absolute atomic E-state index is 0.0387. The number of benzene rings is 1. The van der Waals surface area contributed by atoms with Gasteiger partial charge in [-0.1, -0.05) is 5.92 Å². The summed E-state index contributed by atoms with van der Waals surface area (Å²) in [5.74, 6) is 2.90. The van der Waals surface area contributed by atoms with E-state index in [0.29, 0.717) is 24.4 Å². The van der Waals surface area contributed by atoms with Gasteiger partial charge in [-0.25, -0.2) is 0 Å². The molecule has 0 aromatic heterocycles. The zero-order valence-corrected chi connectivity index (χ0v) is 10.4. The van der Waals surface area contributed by atoms with Crippen LogP contribution in [0.1, 0.15) is 17.3 Å². The highest BCUT2D eigenvalue weighted by molar-refractivity contribution is 5.94. The van der Waals surface area contributed by atoms with Crippen LogP contribution in [-0.2, 0) is 0 Å². The first-order valence-corrected chi connectivity index (χ1v) is 5.79. The maximum absolute atomic E-state index is 12.0. The monoisotopic (exact) mass is 247 g/mol. The van der Waals surface area contributed by atoms with Crippen LogP contribution in [0.2, 0.25) is 0 Å². The van der Waals surface area contributed by atoms with Gasteiger partial charge in [-0.05, 0) is 31.2 Å². The molecule has 0 atom stereocenters. The lowest BCUT2D eigenvalue weighted by Gasteiger charge is -2.19. The van der Waals surface area contributed by atoms with Gasteiger partial charge >= 0.3 is 0 Å². The summed E-state index contributed by atoms with van der Waals surface area (Å²) < 4.78 is 5.22. The lowest BCUT2D eigenvalue weighted by molar-refractivity contribution is 0.0732. The van der Waals surface area contributed by atoms with Gasteiger partial charge in [-0.15, -0.1) is 6.42 Å². The molecule has 0 saturated heterocycles. The molecule has 1 rings (SSSR count). The predicted molar refractivity (Wildman–Crippen MR) is 69.4 cm³/mol. The Kier molecular flexibility index (Phi) is 5.75. The molecule has 0 saturated carbocycles. The number of amides is 1. The number of likely N-dealkylation sites (N-methyl/N-ethyl adjacent to an activating group) is 1. The molecule has 0 fully saturated rings. The third-order valence-electron chi connectivity index (χ3n) is 2.46. The third-order valence-corrected chi connectivity index (χ3v) is 2.46. The van der Waals surface area contributed by atoms with Gasteiger partial charge in [0, 0.05) is 18.7 Å². The fourth-order valence-electron chi connectivity index (χ4n) is 1.53. The van der Waals surface area contributed by atoms with Gasteiger partial charge < -0.3 is 14.7 Å². The third kappa shape index (κ3) is 3.79. The molecular formula is C14H17NO3. The summed E-state index contributed by atoms with van der Waals surface area (Å²) >= 11 is 0. The highest BCUT2D eigenvalue weighted by Crippen LogP contribution is 2.13. The number of ether oxygens (including phenoxy) is 1. The Balaban J connectivity index is 2.72. The second-order valence-electron chi connectivity index (χ2n) is 3.63.